The van der Waals surface area contributed by atoms with Gasteiger partial charge >= 0.3 is 12.1 Å². The molecule has 8 heteroatoms. The zero-order chi connectivity index (χ0) is 22.7. The van der Waals surface area contributed by atoms with E-state index in [9.17, 15) is 14.4 Å². The number of hydrogen-bond acceptors (Lipinski definition) is 5. The lowest BCUT2D eigenvalue weighted by atomic mass is 9.98. The molecule has 2 atom stereocenters. The number of amides is 2. The van der Waals surface area contributed by atoms with Gasteiger partial charge in [-0.15, -0.1) is 0 Å². The number of ether oxygens (including phenoxy) is 2. The molecule has 1 heterocycles. The van der Waals surface area contributed by atoms with Crippen molar-refractivity contribution in [3.63, 3.8) is 0 Å². The molecular formula is C24H26N2O6. The van der Waals surface area contributed by atoms with Gasteiger partial charge in [0.2, 0.25) is 0 Å². The van der Waals surface area contributed by atoms with E-state index in [1.807, 2.05) is 24.3 Å². The van der Waals surface area contributed by atoms with Crippen LogP contribution in [0.3, 0.4) is 0 Å². The van der Waals surface area contributed by atoms with Crippen LogP contribution in [0.4, 0.5) is 4.79 Å². The van der Waals surface area contributed by atoms with Crippen LogP contribution in [0.2, 0.25) is 0 Å². The van der Waals surface area contributed by atoms with Crippen molar-refractivity contribution in [3.05, 3.63) is 59.7 Å². The third-order valence-electron chi connectivity index (χ3n) is 6.06. The van der Waals surface area contributed by atoms with Crippen molar-refractivity contribution >= 4 is 18.0 Å². The van der Waals surface area contributed by atoms with Gasteiger partial charge in [0.15, 0.2) is 0 Å². The van der Waals surface area contributed by atoms with Crippen molar-refractivity contribution in [2.75, 3.05) is 33.4 Å². The average molecular weight is 438 g/mol. The summed E-state index contributed by atoms with van der Waals surface area (Å²) >= 11 is 0. The number of benzene rings is 2. The summed E-state index contributed by atoms with van der Waals surface area (Å²) in [7, 11) is 1.42. The first-order valence-corrected chi connectivity index (χ1v) is 10.6. The van der Waals surface area contributed by atoms with Gasteiger partial charge in [0.1, 0.15) is 19.3 Å². The quantitative estimate of drug-likeness (QED) is 0.688. The maximum atomic E-state index is 12.5. The number of nitrogens with one attached hydrogen (secondary N) is 1. The molecule has 1 fully saturated rings. The van der Waals surface area contributed by atoms with Crippen LogP contribution in [0.15, 0.2) is 48.5 Å². The van der Waals surface area contributed by atoms with Crippen molar-refractivity contribution in [2.24, 2.45) is 5.92 Å². The second kappa shape index (κ2) is 9.40. The number of rotatable bonds is 7. The smallest absolute Gasteiger partial charge is 0.407 e. The number of likely N-dealkylation sites (N-methyl/N-ethyl adjacent to an activating group) is 1. The van der Waals surface area contributed by atoms with E-state index in [4.69, 9.17) is 14.6 Å². The first-order valence-electron chi connectivity index (χ1n) is 10.6. The van der Waals surface area contributed by atoms with Crippen molar-refractivity contribution < 1.29 is 29.0 Å². The van der Waals surface area contributed by atoms with E-state index >= 15 is 0 Å². The largest absolute Gasteiger partial charge is 0.480 e. The van der Waals surface area contributed by atoms with Crippen molar-refractivity contribution in [1.82, 2.24) is 10.2 Å². The minimum Gasteiger partial charge on any atom is -0.480 e. The van der Waals surface area contributed by atoms with E-state index in [-0.39, 0.29) is 25.0 Å². The molecule has 2 unspecified atom stereocenters. The molecule has 168 valence electrons. The van der Waals surface area contributed by atoms with Crippen molar-refractivity contribution in [1.29, 1.82) is 0 Å². The zero-order valence-electron chi connectivity index (χ0n) is 17.8. The number of aliphatic carboxylic acids is 1. The molecule has 1 saturated heterocycles. The predicted octanol–water partition coefficient (Wildman–Crippen LogP) is 2.47. The summed E-state index contributed by atoms with van der Waals surface area (Å²) in [5.74, 6) is -1.75. The summed E-state index contributed by atoms with van der Waals surface area (Å²) in [6, 6.07) is 16.2. The monoisotopic (exact) mass is 438 g/mol. The number of carboxylic acids is 1. The minimum absolute atomic E-state index is 0.0260. The molecule has 4 rings (SSSR count). The van der Waals surface area contributed by atoms with E-state index in [0.717, 1.165) is 27.2 Å². The number of carbonyl (C=O) groups is 3. The number of carbonyl (C=O) groups excluding carboxylic acids is 2. The predicted molar refractivity (Wildman–Crippen MR) is 116 cm³/mol. The summed E-state index contributed by atoms with van der Waals surface area (Å²) in [5, 5.41) is 11.6. The van der Waals surface area contributed by atoms with Crippen LogP contribution in [0.1, 0.15) is 23.5 Å². The molecule has 2 aliphatic rings. The summed E-state index contributed by atoms with van der Waals surface area (Å²) in [6.07, 6.45) is -0.724. The maximum Gasteiger partial charge on any atom is 0.407 e. The Hall–Kier alpha value is -3.39. The fourth-order valence-corrected chi connectivity index (χ4v) is 4.48. The van der Waals surface area contributed by atoms with Crippen LogP contribution < -0.4 is 5.32 Å². The Morgan fingerprint density at radius 3 is 2.34 bits per heavy atom. The number of hydrogen-bond donors (Lipinski definition) is 2. The van der Waals surface area contributed by atoms with Gasteiger partial charge in [-0.3, -0.25) is 9.59 Å². The first-order chi connectivity index (χ1) is 15.5. The van der Waals surface area contributed by atoms with Gasteiger partial charge in [-0.05, 0) is 28.7 Å². The number of carboxylic acid groups (broad SMARTS) is 1. The van der Waals surface area contributed by atoms with E-state index < -0.39 is 30.6 Å². The fraction of sp³-hybridized carbons (Fsp3) is 0.375. The van der Waals surface area contributed by atoms with Crippen LogP contribution in [0.25, 0.3) is 11.1 Å². The van der Waals surface area contributed by atoms with Gasteiger partial charge in [-0.25, -0.2) is 4.79 Å². The Morgan fingerprint density at radius 1 is 1.09 bits per heavy atom. The van der Waals surface area contributed by atoms with Crippen molar-refractivity contribution in [3.8, 4) is 11.1 Å². The number of nitrogens with zero attached hydrogens (tertiary/aromatic N) is 1. The van der Waals surface area contributed by atoms with Crippen molar-refractivity contribution in [2.45, 2.75) is 18.4 Å². The maximum absolute atomic E-state index is 12.5. The summed E-state index contributed by atoms with van der Waals surface area (Å²) < 4.78 is 11.0. The molecule has 1 aliphatic heterocycles. The third-order valence-corrected chi connectivity index (χ3v) is 6.06. The Balaban J connectivity index is 1.32. The molecule has 2 N–H and O–H groups in total. The van der Waals surface area contributed by atoms with Gasteiger partial charge < -0.3 is 24.8 Å². The molecule has 0 saturated carbocycles. The average Bonchev–Trinajstić information content (AvgIpc) is 3.38. The molecule has 1 aliphatic carbocycles. The molecule has 32 heavy (non-hydrogen) atoms. The Kier molecular flexibility index (Phi) is 6.41. The molecule has 8 nitrogen and oxygen atoms in total. The van der Waals surface area contributed by atoms with Gasteiger partial charge in [0.25, 0.3) is 5.91 Å². The first kappa shape index (κ1) is 21.8. The highest BCUT2D eigenvalue weighted by molar-refractivity contribution is 5.85. The van der Waals surface area contributed by atoms with E-state index in [1.54, 1.807) is 0 Å². The van der Waals surface area contributed by atoms with E-state index in [1.165, 1.54) is 7.05 Å². The Bertz CT molecular complexity index is 978. The second-order valence-corrected chi connectivity index (χ2v) is 8.13. The van der Waals surface area contributed by atoms with Crippen LogP contribution in [0, 0.1) is 5.92 Å². The van der Waals surface area contributed by atoms with Gasteiger partial charge in [-0.1, -0.05) is 48.5 Å². The Labute approximate surface area is 186 Å². The Morgan fingerprint density at radius 2 is 1.72 bits per heavy atom. The molecule has 2 amide bonds. The highest BCUT2D eigenvalue weighted by Crippen LogP contribution is 2.44. The number of alkyl carbamates (subject to hydrolysis) is 1. The second-order valence-electron chi connectivity index (χ2n) is 8.13. The molecular weight excluding hydrogens is 412 g/mol. The normalized spacial score (nSPS) is 19.2. The lowest BCUT2D eigenvalue weighted by Crippen LogP contribution is -2.44. The lowest BCUT2D eigenvalue weighted by Gasteiger charge is -2.23. The van der Waals surface area contributed by atoms with Crippen LogP contribution in [0.5, 0.6) is 0 Å². The molecule has 0 aromatic heterocycles. The SMILES string of the molecule is CN(CC(=O)O)C(=O)C1OCCC1CNC(=O)OCC1c2ccccc2-c2ccccc21. The zero-order valence-corrected chi connectivity index (χ0v) is 17.8. The van der Waals surface area contributed by atoms with Crippen LogP contribution >= 0.6 is 0 Å². The fourth-order valence-electron chi connectivity index (χ4n) is 4.48. The molecule has 0 radical (unpaired) electrons. The highest BCUT2D eigenvalue weighted by atomic mass is 16.5. The minimum atomic E-state index is -1.09. The van der Waals surface area contributed by atoms with Gasteiger partial charge in [-0.2, -0.15) is 0 Å². The van der Waals surface area contributed by atoms with E-state index in [2.05, 4.69) is 29.6 Å². The molecule has 2 aromatic carbocycles. The third kappa shape index (κ3) is 4.45. The topological polar surface area (TPSA) is 105 Å². The van der Waals surface area contributed by atoms with E-state index in [0.29, 0.717) is 13.0 Å². The molecule has 2 aromatic rings. The summed E-state index contributed by atoms with van der Waals surface area (Å²) in [4.78, 5) is 36.8. The molecule has 0 bridgehead atoms. The summed E-state index contributed by atoms with van der Waals surface area (Å²) in [5.41, 5.74) is 4.59. The summed E-state index contributed by atoms with van der Waals surface area (Å²) in [6.45, 7) is 0.415. The van der Waals surface area contributed by atoms with Gasteiger partial charge in [0, 0.05) is 32.0 Å². The number of fused-ring (bicyclic) bond motifs is 3. The molecule has 0 spiro atoms. The highest BCUT2D eigenvalue weighted by Gasteiger charge is 2.36. The lowest BCUT2D eigenvalue weighted by molar-refractivity contribution is -0.148. The van der Waals surface area contributed by atoms with Crippen LogP contribution in [-0.4, -0.2) is 67.4 Å². The van der Waals surface area contributed by atoms with Crippen LogP contribution in [-0.2, 0) is 19.1 Å². The standard InChI is InChI=1S/C24H26N2O6/c1-26(13-21(27)28)23(29)22-15(10-11-31-22)12-25-24(30)32-14-20-18-8-4-2-6-16(18)17-7-3-5-9-19(17)20/h2-9,15,20,22H,10-14H2,1H3,(H,25,30)(H,27,28). The van der Waals surface area contributed by atoms with Gasteiger partial charge in [0.05, 0.1) is 0 Å².